The topological polar surface area (TPSA) is 78.5 Å². The molecule has 128 valence electrons. The van der Waals surface area contributed by atoms with Gasteiger partial charge in [-0.05, 0) is 31.9 Å². The first-order valence-electron chi connectivity index (χ1n) is 8.47. The second kappa shape index (κ2) is 7.03. The van der Waals surface area contributed by atoms with Crippen LogP contribution in [0.5, 0.6) is 0 Å². The zero-order chi connectivity index (χ0) is 17.1. The van der Waals surface area contributed by atoms with Crippen LogP contribution in [0.2, 0.25) is 0 Å². The van der Waals surface area contributed by atoms with Gasteiger partial charge in [-0.15, -0.1) is 0 Å². The molecule has 0 aromatic heterocycles. The van der Waals surface area contributed by atoms with Crippen molar-refractivity contribution in [3.8, 4) is 0 Å². The average Bonchev–Trinajstić information content (AvgIpc) is 3.35. The van der Waals surface area contributed by atoms with Crippen LogP contribution in [0.25, 0.3) is 0 Å². The molecule has 3 rings (SSSR count). The van der Waals surface area contributed by atoms with Gasteiger partial charge in [0.15, 0.2) is 0 Å². The molecule has 0 radical (unpaired) electrons. The molecule has 1 aromatic carbocycles. The summed E-state index contributed by atoms with van der Waals surface area (Å²) in [5.74, 6) is -0.236. The van der Waals surface area contributed by atoms with Crippen LogP contribution in [0.3, 0.4) is 0 Å². The van der Waals surface area contributed by atoms with Crippen LogP contribution in [0, 0.1) is 18.8 Å². The van der Waals surface area contributed by atoms with Crippen LogP contribution < -0.4 is 15.5 Å². The van der Waals surface area contributed by atoms with Crippen molar-refractivity contribution in [2.75, 3.05) is 24.5 Å². The van der Waals surface area contributed by atoms with Crippen molar-refractivity contribution in [1.29, 1.82) is 0 Å². The minimum Gasteiger partial charge on any atom is -0.354 e. The first-order valence-corrected chi connectivity index (χ1v) is 8.47. The van der Waals surface area contributed by atoms with E-state index in [-0.39, 0.29) is 36.0 Å². The SMILES string of the molecule is Cc1ccc(N2C[C@H](C(=O)NCCNC(=O)C3CC3)CC2=O)cc1. The number of amides is 3. The van der Waals surface area contributed by atoms with Gasteiger partial charge in [0, 0.05) is 37.7 Å². The van der Waals surface area contributed by atoms with Crippen LogP contribution in [-0.2, 0) is 14.4 Å². The lowest BCUT2D eigenvalue weighted by Gasteiger charge is -2.17. The average molecular weight is 329 g/mol. The van der Waals surface area contributed by atoms with Gasteiger partial charge in [-0.3, -0.25) is 14.4 Å². The second-order valence-corrected chi connectivity index (χ2v) is 6.60. The number of rotatable bonds is 6. The third-order valence-corrected chi connectivity index (χ3v) is 4.51. The van der Waals surface area contributed by atoms with Crippen molar-refractivity contribution >= 4 is 23.4 Å². The van der Waals surface area contributed by atoms with Gasteiger partial charge < -0.3 is 15.5 Å². The lowest BCUT2D eigenvalue weighted by atomic mass is 10.1. The molecule has 24 heavy (non-hydrogen) atoms. The van der Waals surface area contributed by atoms with E-state index in [9.17, 15) is 14.4 Å². The quantitative estimate of drug-likeness (QED) is 0.764. The summed E-state index contributed by atoms with van der Waals surface area (Å²) in [6, 6.07) is 7.72. The van der Waals surface area contributed by atoms with E-state index in [1.165, 1.54) is 0 Å². The van der Waals surface area contributed by atoms with Crippen molar-refractivity contribution in [2.45, 2.75) is 26.2 Å². The van der Waals surface area contributed by atoms with Crippen LogP contribution in [0.15, 0.2) is 24.3 Å². The van der Waals surface area contributed by atoms with E-state index < -0.39 is 0 Å². The van der Waals surface area contributed by atoms with Gasteiger partial charge in [0.05, 0.1) is 5.92 Å². The van der Waals surface area contributed by atoms with Crippen molar-refractivity contribution < 1.29 is 14.4 Å². The van der Waals surface area contributed by atoms with Crippen LogP contribution >= 0.6 is 0 Å². The number of hydrogen-bond acceptors (Lipinski definition) is 3. The smallest absolute Gasteiger partial charge is 0.227 e. The summed E-state index contributed by atoms with van der Waals surface area (Å²) in [6.45, 7) is 3.23. The highest BCUT2D eigenvalue weighted by Crippen LogP contribution is 2.28. The Bertz CT molecular complexity index is 637. The van der Waals surface area contributed by atoms with E-state index in [0.717, 1.165) is 24.1 Å². The Morgan fingerprint density at radius 3 is 2.21 bits per heavy atom. The molecule has 1 atom stereocenters. The predicted molar refractivity (Wildman–Crippen MR) is 90.4 cm³/mol. The number of benzene rings is 1. The lowest BCUT2D eigenvalue weighted by molar-refractivity contribution is -0.126. The number of hydrogen-bond donors (Lipinski definition) is 2. The van der Waals surface area contributed by atoms with Crippen molar-refractivity contribution in [1.82, 2.24) is 10.6 Å². The zero-order valence-electron chi connectivity index (χ0n) is 13.9. The van der Waals surface area contributed by atoms with Gasteiger partial charge in [0.2, 0.25) is 17.7 Å². The molecule has 1 heterocycles. The fourth-order valence-electron chi connectivity index (χ4n) is 2.86. The van der Waals surface area contributed by atoms with Crippen LogP contribution in [-0.4, -0.2) is 37.4 Å². The number of anilines is 1. The monoisotopic (exact) mass is 329 g/mol. The molecular weight excluding hydrogens is 306 g/mol. The molecular formula is C18H23N3O3. The Kier molecular flexibility index (Phi) is 4.83. The summed E-state index contributed by atoms with van der Waals surface area (Å²) in [5.41, 5.74) is 1.96. The van der Waals surface area contributed by atoms with E-state index in [1.54, 1.807) is 4.90 Å². The summed E-state index contributed by atoms with van der Waals surface area (Å²) in [6.07, 6.45) is 2.17. The summed E-state index contributed by atoms with van der Waals surface area (Å²) in [5, 5.41) is 5.62. The van der Waals surface area contributed by atoms with Crippen molar-refractivity contribution in [2.24, 2.45) is 11.8 Å². The van der Waals surface area contributed by atoms with E-state index in [1.807, 2.05) is 31.2 Å². The molecule has 0 unspecified atom stereocenters. The Morgan fingerprint density at radius 2 is 1.62 bits per heavy atom. The summed E-state index contributed by atoms with van der Waals surface area (Å²) in [7, 11) is 0. The van der Waals surface area contributed by atoms with E-state index in [2.05, 4.69) is 10.6 Å². The molecule has 1 saturated heterocycles. The molecule has 2 N–H and O–H groups in total. The third-order valence-electron chi connectivity index (χ3n) is 4.51. The van der Waals surface area contributed by atoms with Gasteiger partial charge in [0.25, 0.3) is 0 Å². The minimum absolute atomic E-state index is 0.0268. The number of nitrogens with zero attached hydrogens (tertiary/aromatic N) is 1. The Morgan fingerprint density at radius 1 is 1.04 bits per heavy atom. The van der Waals surface area contributed by atoms with Gasteiger partial charge in [-0.1, -0.05) is 17.7 Å². The number of aryl methyl sites for hydroxylation is 1. The van der Waals surface area contributed by atoms with Gasteiger partial charge >= 0.3 is 0 Å². The number of nitrogens with one attached hydrogen (secondary N) is 2. The Hall–Kier alpha value is -2.37. The second-order valence-electron chi connectivity index (χ2n) is 6.60. The van der Waals surface area contributed by atoms with Gasteiger partial charge in [-0.2, -0.15) is 0 Å². The number of carbonyl (C=O) groups is 3. The molecule has 3 amide bonds. The lowest BCUT2D eigenvalue weighted by Crippen LogP contribution is -2.38. The van der Waals surface area contributed by atoms with Crippen molar-refractivity contribution in [3.05, 3.63) is 29.8 Å². The molecule has 2 fully saturated rings. The molecule has 0 spiro atoms. The fraction of sp³-hybridized carbons (Fsp3) is 0.500. The zero-order valence-corrected chi connectivity index (χ0v) is 13.9. The molecule has 2 aliphatic rings. The molecule has 1 aliphatic carbocycles. The van der Waals surface area contributed by atoms with Gasteiger partial charge in [0.1, 0.15) is 0 Å². The Labute approximate surface area is 141 Å². The fourth-order valence-corrected chi connectivity index (χ4v) is 2.86. The maximum absolute atomic E-state index is 12.2. The first kappa shape index (κ1) is 16.5. The highest BCUT2D eigenvalue weighted by atomic mass is 16.2. The third kappa shape index (κ3) is 3.93. The minimum atomic E-state index is -0.335. The molecule has 1 saturated carbocycles. The normalized spacial score (nSPS) is 20.1. The summed E-state index contributed by atoms with van der Waals surface area (Å²) < 4.78 is 0. The molecule has 1 aliphatic heterocycles. The molecule has 6 heteroatoms. The molecule has 6 nitrogen and oxygen atoms in total. The molecule has 1 aromatic rings. The van der Waals surface area contributed by atoms with Crippen molar-refractivity contribution in [3.63, 3.8) is 0 Å². The van der Waals surface area contributed by atoms with E-state index in [0.29, 0.717) is 19.6 Å². The summed E-state index contributed by atoms with van der Waals surface area (Å²) in [4.78, 5) is 37.5. The summed E-state index contributed by atoms with van der Waals surface area (Å²) >= 11 is 0. The highest BCUT2D eigenvalue weighted by molar-refractivity contribution is 6.00. The largest absolute Gasteiger partial charge is 0.354 e. The maximum atomic E-state index is 12.2. The first-order chi connectivity index (χ1) is 11.5. The van der Waals surface area contributed by atoms with Crippen LogP contribution in [0.4, 0.5) is 5.69 Å². The highest BCUT2D eigenvalue weighted by Gasteiger charge is 2.35. The predicted octanol–water partition coefficient (Wildman–Crippen LogP) is 0.990. The van der Waals surface area contributed by atoms with E-state index >= 15 is 0 Å². The Balaban J connectivity index is 1.45. The molecule has 0 bridgehead atoms. The van der Waals surface area contributed by atoms with E-state index in [4.69, 9.17) is 0 Å². The van der Waals surface area contributed by atoms with Gasteiger partial charge in [-0.25, -0.2) is 0 Å². The van der Waals surface area contributed by atoms with Crippen LogP contribution in [0.1, 0.15) is 24.8 Å². The number of carbonyl (C=O) groups excluding carboxylic acids is 3. The maximum Gasteiger partial charge on any atom is 0.227 e. The standard InChI is InChI=1S/C18H23N3O3/c1-12-2-6-15(7-3-12)21-11-14(10-16(21)22)18(24)20-9-8-19-17(23)13-4-5-13/h2-3,6-7,13-14H,4-5,8-11H2,1H3,(H,19,23)(H,20,24)/t14-/m1/s1.